The Morgan fingerprint density at radius 2 is 1.15 bits per heavy atom. The van der Waals surface area contributed by atoms with Crippen LogP contribution in [0.3, 0.4) is 0 Å². The van der Waals surface area contributed by atoms with Crippen molar-refractivity contribution < 1.29 is 52.7 Å². The van der Waals surface area contributed by atoms with Crippen molar-refractivity contribution in [2.45, 2.75) is 51.9 Å². The first-order valence-corrected chi connectivity index (χ1v) is 32.2. The van der Waals surface area contributed by atoms with Crippen LogP contribution in [0.15, 0.2) is 77.7 Å². The average Bonchev–Trinajstić information content (AvgIpc) is 1.62. The van der Waals surface area contributed by atoms with Crippen molar-refractivity contribution in [1.82, 2.24) is 68.9 Å². The van der Waals surface area contributed by atoms with E-state index in [0.717, 1.165) is 57.5 Å². The molecule has 10 rings (SSSR count). The molecular weight excluding hydrogens is 1270 g/mol. The number of halogens is 1. The number of piperazine rings is 1. The molecule has 1 fully saturated rings. The monoisotopic (exact) mass is 1350 g/mol. The number of aromatic hydroxyl groups is 1. The van der Waals surface area contributed by atoms with Gasteiger partial charge in [0.2, 0.25) is 41.0 Å². The number of imidazole rings is 4. The van der Waals surface area contributed by atoms with Gasteiger partial charge in [0.15, 0.2) is 29.0 Å². The molecule has 2 aliphatic heterocycles. The van der Waals surface area contributed by atoms with Gasteiger partial charge in [-0.1, -0.05) is 20.3 Å². The number of alkyl halides is 1. The van der Waals surface area contributed by atoms with E-state index in [-0.39, 0.29) is 119 Å². The van der Waals surface area contributed by atoms with Crippen LogP contribution in [0.25, 0.3) is 21.7 Å². The van der Waals surface area contributed by atoms with E-state index in [4.69, 9.17) is 16.0 Å². The number of rotatable bonds is 25. The van der Waals surface area contributed by atoms with E-state index in [1.165, 1.54) is 43.1 Å². The van der Waals surface area contributed by atoms with Crippen LogP contribution >= 0.6 is 11.6 Å². The number of unbranched alkanes of at least 4 members (excludes halogenated alkanes) is 1. The van der Waals surface area contributed by atoms with Gasteiger partial charge in [-0.2, -0.15) is 0 Å². The molecule has 0 aliphatic carbocycles. The van der Waals surface area contributed by atoms with E-state index in [1.54, 1.807) is 108 Å². The van der Waals surface area contributed by atoms with E-state index in [0.29, 0.717) is 64.7 Å². The van der Waals surface area contributed by atoms with Crippen molar-refractivity contribution in [2.75, 3.05) is 124 Å². The summed E-state index contributed by atoms with van der Waals surface area (Å²) in [5, 5.41) is 34.6. The lowest BCUT2D eigenvalue weighted by atomic mass is 9.94. The highest BCUT2D eigenvalue weighted by Crippen LogP contribution is 2.46. The third-order valence-corrected chi connectivity index (χ3v) is 16.4. The zero-order chi connectivity index (χ0) is 69.8. The molecule has 0 saturated carbocycles. The smallest absolute Gasteiger partial charge is 0.294 e. The number of carbonyl (C=O) groups excluding carboxylic acids is 9. The maximum Gasteiger partial charge on any atom is 0.294 e. The summed E-state index contributed by atoms with van der Waals surface area (Å²) in [5.74, 6) is -3.11. The van der Waals surface area contributed by atoms with Gasteiger partial charge in [0, 0.05) is 158 Å². The Balaban J connectivity index is 0.000000245. The summed E-state index contributed by atoms with van der Waals surface area (Å²) in [7, 11) is 11.9. The molecule has 9 amide bonds. The minimum Gasteiger partial charge on any atom is -0.507 e. The van der Waals surface area contributed by atoms with Crippen LogP contribution < -0.4 is 47.4 Å². The predicted octanol–water partition coefficient (Wildman–Crippen LogP) is 4.90. The van der Waals surface area contributed by atoms with Gasteiger partial charge in [-0.15, -0.1) is 11.6 Å². The Bertz CT molecular complexity index is 4270. The van der Waals surface area contributed by atoms with Gasteiger partial charge in [0.05, 0.1) is 12.2 Å². The zero-order valence-corrected chi connectivity index (χ0v) is 56.3. The minimum absolute atomic E-state index is 0.000346. The van der Waals surface area contributed by atoms with Crippen molar-refractivity contribution in [2.24, 2.45) is 28.2 Å². The molecule has 514 valence electrons. The van der Waals surface area contributed by atoms with Gasteiger partial charge in [0.1, 0.15) is 11.3 Å². The number of phenolic OH excluding ortho intramolecular Hbond substituents is 1. The highest BCUT2D eigenvalue weighted by molar-refractivity contribution is 6.19. The summed E-state index contributed by atoms with van der Waals surface area (Å²) >= 11 is 6.38. The molecule has 31 nitrogen and oxygen atoms in total. The van der Waals surface area contributed by atoms with Crippen molar-refractivity contribution in [3.63, 3.8) is 0 Å². The number of anilines is 6. The van der Waals surface area contributed by atoms with Gasteiger partial charge in [0.25, 0.3) is 35.4 Å². The molecular formula is C65H81ClN20O11. The number of fused-ring (bicyclic) bond motifs is 4. The fourth-order valence-electron chi connectivity index (χ4n) is 11.0. The van der Waals surface area contributed by atoms with Crippen molar-refractivity contribution in [1.29, 1.82) is 0 Å². The first-order valence-electron chi connectivity index (χ1n) is 31.7. The summed E-state index contributed by atoms with van der Waals surface area (Å²) in [5.41, 5.74) is 2.97. The normalized spacial score (nSPS) is 13.8. The second kappa shape index (κ2) is 31.8. The van der Waals surface area contributed by atoms with Crippen molar-refractivity contribution >= 4 is 121 Å². The lowest BCUT2D eigenvalue weighted by Crippen LogP contribution is -2.45. The topological polar surface area (TPSA) is 367 Å². The first-order chi connectivity index (χ1) is 46.4. The molecule has 97 heavy (non-hydrogen) atoms. The molecule has 2 aliphatic rings. The van der Waals surface area contributed by atoms with Crippen LogP contribution in [0, 0.1) is 0 Å². The highest BCUT2D eigenvalue weighted by Gasteiger charge is 2.37. The number of nitrogens with one attached hydrogen (secondary N) is 8. The van der Waals surface area contributed by atoms with E-state index in [2.05, 4.69) is 86.2 Å². The number of aromatic nitrogens is 8. The summed E-state index contributed by atoms with van der Waals surface area (Å²) < 4.78 is 11.6. The number of benzene rings is 3. The van der Waals surface area contributed by atoms with Crippen LogP contribution in [-0.2, 0) is 42.6 Å². The highest BCUT2D eigenvalue weighted by atomic mass is 35.5. The van der Waals surface area contributed by atoms with Gasteiger partial charge in [-0.25, -0.2) is 19.9 Å². The number of phenols is 1. The van der Waals surface area contributed by atoms with E-state index in [1.807, 2.05) is 0 Å². The zero-order valence-electron chi connectivity index (χ0n) is 55.6. The van der Waals surface area contributed by atoms with Crippen LogP contribution in [-0.4, -0.2) is 204 Å². The summed E-state index contributed by atoms with van der Waals surface area (Å²) in [6, 6.07) is 13.6. The van der Waals surface area contributed by atoms with E-state index in [9.17, 15) is 48.3 Å². The van der Waals surface area contributed by atoms with Crippen LogP contribution in [0.2, 0.25) is 0 Å². The number of hydrogen-bond donors (Lipinski definition) is 9. The van der Waals surface area contributed by atoms with Crippen LogP contribution in [0.1, 0.15) is 121 Å². The second-order valence-corrected chi connectivity index (χ2v) is 24.3. The fourth-order valence-corrected chi connectivity index (χ4v) is 11.3. The van der Waals surface area contributed by atoms with Gasteiger partial charge in [-0.05, 0) is 93.9 Å². The fraction of sp³-hybridized carbons (Fsp3) is 0.400. The maximum absolute atomic E-state index is 13.7. The number of likely N-dealkylation sites (N-methyl/N-ethyl adjacent to an activating group) is 2. The maximum atomic E-state index is 13.7. The minimum atomic E-state index is -0.671. The first kappa shape index (κ1) is 70.8. The summed E-state index contributed by atoms with van der Waals surface area (Å²) in [6.45, 7) is 10.6. The van der Waals surface area contributed by atoms with E-state index < -0.39 is 23.6 Å². The number of carbonyl (C=O) groups is 9. The summed E-state index contributed by atoms with van der Waals surface area (Å²) in [4.78, 5) is 139. The lowest BCUT2D eigenvalue weighted by Gasteiger charge is -2.32. The Hall–Kier alpha value is -10.5. The number of furan rings is 1. The number of amides is 9. The molecule has 8 aromatic rings. The third kappa shape index (κ3) is 17.7. The quantitative estimate of drug-likeness (QED) is 0.0271. The van der Waals surface area contributed by atoms with Crippen molar-refractivity contribution in [3.05, 3.63) is 114 Å². The third-order valence-electron chi connectivity index (χ3n) is 16.1. The van der Waals surface area contributed by atoms with Gasteiger partial charge < -0.3 is 89.9 Å². The molecule has 1 saturated heterocycles. The second-order valence-electron chi connectivity index (χ2n) is 24.0. The van der Waals surface area contributed by atoms with Gasteiger partial charge >= 0.3 is 0 Å². The van der Waals surface area contributed by atoms with Crippen molar-refractivity contribution in [3.8, 4) is 5.75 Å². The Morgan fingerprint density at radius 3 is 1.71 bits per heavy atom. The molecule has 1 unspecified atom stereocenters. The van der Waals surface area contributed by atoms with Gasteiger partial charge in [-0.3, -0.25) is 43.2 Å². The van der Waals surface area contributed by atoms with Crippen LogP contribution in [0.4, 0.5) is 34.6 Å². The molecule has 5 aromatic heterocycles. The largest absolute Gasteiger partial charge is 0.507 e. The number of hydrogen-bond acceptors (Lipinski definition) is 18. The molecule has 1 atom stereocenters. The molecule has 0 bridgehead atoms. The van der Waals surface area contributed by atoms with E-state index >= 15 is 0 Å². The molecule has 32 heteroatoms. The number of aryl methyl sites for hydroxylation is 4. The molecule has 9 N–H and O–H groups in total. The SMILES string of the molecule is CCCCNC(=O)c1ccc2c(O)cc3c(c2c1)C(CCl)CN3C(=O)c1cc2cc(NC(=O)CC)ccc2o1.CN(C)CC(=O)Nc1cn(C)c(C(=O)Nc2cn(C)c(C(=O)Nc3cn(C)c(C(=O)Nc4cn(C)c(C(=O)NCCC(=O)NCCCN5CCN(C)CC5)n4)n3)n2)n1. The molecule has 7 heterocycles. The summed E-state index contributed by atoms with van der Waals surface area (Å²) in [6.07, 6.45) is 8.99. The molecule has 0 spiro atoms. The predicted molar refractivity (Wildman–Crippen MR) is 366 cm³/mol. The molecule has 3 aromatic carbocycles. The van der Waals surface area contributed by atoms with Crippen LogP contribution in [0.5, 0.6) is 5.75 Å². The molecule has 0 radical (unpaired) electrons. The lowest BCUT2D eigenvalue weighted by molar-refractivity contribution is -0.121. The average molecular weight is 1350 g/mol. The number of nitrogens with zero attached hydrogens (tertiary/aromatic N) is 12. The Morgan fingerprint density at radius 1 is 0.598 bits per heavy atom. The Kier molecular flexibility index (Phi) is 23.2. The Labute approximate surface area is 563 Å². The standard InChI is InChI=1S/C35H51N17O6.C30H30ClN3O5/c1-46(2)21-27(54)38-22-17-49(5)29(39-22)33(56)44-24-19-51(7)31(41-24)35(58)45-25-20-50(6)30(42-25)34(57)43-23-18-48(4)28(40-23)32(55)37-11-9-26(53)36-10-8-12-52-15-13-47(3)14-16-52;1-3-5-10-32-29(37)17-6-8-21-22(12-17)28-19(15-31)16-34(23(28)14-24(21)35)30(38)26-13-18-11-20(33-27(36)4-2)7-9-25(18)39-26/h17-20H,8-16,21H2,1-7H3,(H,36,53)(H,37,55)(H,38,54)(H,43,57)(H,44,56)(H,45,58);6-9,11-14,19,35H,3-5,10,15-16H2,1-2H3,(H,32,37)(H,33,36).